The van der Waals surface area contributed by atoms with Crippen LogP contribution in [0.5, 0.6) is 0 Å². The van der Waals surface area contributed by atoms with Crippen LogP contribution in [0.15, 0.2) is 4.52 Å². The number of thioether (sulfide) groups is 2. The first-order valence-corrected chi connectivity index (χ1v) is 9.79. The Morgan fingerprint density at radius 1 is 1.20 bits per heavy atom. The SMILES string of the molecule is CNC1CCCCCC1c1nc(C2CSCCS2)no1. The van der Waals surface area contributed by atoms with Gasteiger partial charge in [-0.2, -0.15) is 16.7 Å². The molecule has 112 valence electrons. The van der Waals surface area contributed by atoms with Gasteiger partial charge in [-0.1, -0.05) is 24.4 Å². The van der Waals surface area contributed by atoms with E-state index in [1.165, 1.54) is 43.6 Å². The van der Waals surface area contributed by atoms with E-state index in [1.54, 1.807) is 0 Å². The average molecular weight is 313 g/mol. The normalized spacial score (nSPS) is 31.9. The molecular formula is C14H23N3OS2. The van der Waals surface area contributed by atoms with Crippen molar-refractivity contribution in [3.05, 3.63) is 11.7 Å². The molecule has 1 aliphatic carbocycles. The summed E-state index contributed by atoms with van der Waals surface area (Å²) >= 11 is 3.96. The fourth-order valence-corrected chi connectivity index (χ4v) is 5.70. The molecule has 3 atom stereocenters. The van der Waals surface area contributed by atoms with Crippen molar-refractivity contribution in [2.75, 3.05) is 24.3 Å². The Bertz CT molecular complexity index is 420. The number of hydrogen-bond donors (Lipinski definition) is 1. The lowest BCUT2D eigenvalue weighted by Gasteiger charge is -2.21. The fraction of sp³-hybridized carbons (Fsp3) is 0.857. The molecule has 0 amide bonds. The van der Waals surface area contributed by atoms with Gasteiger partial charge in [0.2, 0.25) is 5.89 Å². The Morgan fingerprint density at radius 2 is 2.10 bits per heavy atom. The molecule has 0 radical (unpaired) electrons. The molecule has 0 spiro atoms. The molecule has 1 saturated carbocycles. The van der Waals surface area contributed by atoms with Gasteiger partial charge in [-0.05, 0) is 19.9 Å². The van der Waals surface area contributed by atoms with Gasteiger partial charge in [0.15, 0.2) is 5.82 Å². The molecule has 1 saturated heterocycles. The number of rotatable bonds is 3. The summed E-state index contributed by atoms with van der Waals surface area (Å²) in [7, 11) is 2.05. The number of aromatic nitrogens is 2. The second-order valence-electron chi connectivity index (χ2n) is 5.56. The lowest BCUT2D eigenvalue weighted by Crippen LogP contribution is -2.31. The van der Waals surface area contributed by atoms with Crippen LogP contribution in [0, 0.1) is 0 Å². The van der Waals surface area contributed by atoms with E-state index < -0.39 is 0 Å². The van der Waals surface area contributed by atoms with E-state index in [4.69, 9.17) is 9.51 Å². The summed E-state index contributed by atoms with van der Waals surface area (Å²) < 4.78 is 5.62. The summed E-state index contributed by atoms with van der Waals surface area (Å²) in [5.74, 6) is 5.72. The topological polar surface area (TPSA) is 51.0 Å². The van der Waals surface area contributed by atoms with Crippen LogP contribution in [0.1, 0.15) is 55.0 Å². The van der Waals surface area contributed by atoms with Crippen molar-refractivity contribution in [3.63, 3.8) is 0 Å². The number of nitrogens with one attached hydrogen (secondary N) is 1. The predicted molar refractivity (Wildman–Crippen MR) is 85.5 cm³/mol. The molecule has 1 aromatic rings. The van der Waals surface area contributed by atoms with Crippen molar-refractivity contribution in [1.82, 2.24) is 15.5 Å². The number of likely N-dealkylation sites (N-methyl/N-ethyl adjacent to an activating group) is 1. The van der Waals surface area contributed by atoms with E-state index in [1.807, 2.05) is 30.6 Å². The summed E-state index contributed by atoms with van der Waals surface area (Å²) in [5.41, 5.74) is 0. The highest BCUT2D eigenvalue weighted by molar-refractivity contribution is 8.06. The van der Waals surface area contributed by atoms with Crippen LogP contribution in [-0.2, 0) is 0 Å². The minimum atomic E-state index is 0.394. The highest BCUT2D eigenvalue weighted by Crippen LogP contribution is 2.37. The molecule has 4 nitrogen and oxygen atoms in total. The third kappa shape index (κ3) is 3.34. The van der Waals surface area contributed by atoms with E-state index >= 15 is 0 Å². The van der Waals surface area contributed by atoms with Crippen molar-refractivity contribution in [1.29, 1.82) is 0 Å². The van der Waals surface area contributed by atoms with Crippen molar-refractivity contribution >= 4 is 23.5 Å². The Kier molecular flexibility index (Phi) is 5.29. The Hall–Kier alpha value is -0.200. The minimum Gasteiger partial charge on any atom is -0.339 e. The molecule has 2 aliphatic rings. The van der Waals surface area contributed by atoms with Crippen molar-refractivity contribution in [2.24, 2.45) is 0 Å². The molecular weight excluding hydrogens is 290 g/mol. The molecule has 6 heteroatoms. The van der Waals surface area contributed by atoms with Gasteiger partial charge in [-0.15, -0.1) is 11.8 Å². The van der Waals surface area contributed by atoms with Gasteiger partial charge >= 0.3 is 0 Å². The maximum atomic E-state index is 5.62. The van der Waals surface area contributed by atoms with Gasteiger partial charge in [-0.25, -0.2) is 0 Å². The highest BCUT2D eigenvalue weighted by atomic mass is 32.2. The summed E-state index contributed by atoms with van der Waals surface area (Å²) in [6.07, 6.45) is 6.28. The fourth-order valence-electron chi connectivity index (χ4n) is 3.11. The van der Waals surface area contributed by atoms with Crippen molar-refractivity contribution < 1.29 is 4.52 Å². The first kappa shape index (κ1) is 14.7. The van der Waals surface area contributed by atoms with Crippen LogP contribution in [0.3, 0.4) is 0 Å². The zero-order valence-corrected chi connectivity index (χ0v) is 13.6. The average Bonchev–Trinajstić information content (AvgIpc) is 2.87. The van der Waals surface area contributed by atoms with Crippen LogP contribution in [-0.4, -0.2) is 40.5 Å². The lowest BCUT2D eigenvalue weighted by molar-refractivity contribution is 0.309. The van der Waals surface area contributed by atoms with Gasteiger partial charge in [0.05, 0.1) is 11.2 Å². The molecule has 2 heterocycles. The maximum Gasteiger partial charge on any atom is 0.231 e. The van der Waals surface area contributed by atoms with E-state index in [0.29, 0.717) is 17.2 Å². The molecule has 0 aromatic carbocycles. The van der Waals surface area contributed by atoms with Crippen LogP contribution in [0.4, 0.5) is 0 Å². The largest absolute Gasteiger partial charge is 0.339 e. The molecule has 0 bridgehead atoms. The van der Waals surface area contributed by atoms with Gasteiger partial charge in [0.25, 0.3) is 0 Å². The van der Waals surface area contributed by atoms with E-state index in [-0.39, 0.29) is 0 Å². The molecule has 2 fully saturated rings. The summed E-state index contributed by atoms with van der Waals surface area (Å²) in [6, 6.07) is 0.485. The molecule has 3 unspecified atom stereocenters. The zero-order chi connectivity index (χ0) is 13.8. The smallest absolute Gasteiger partial charge is 0.231 e. The van der Waals surface area contributed by atoms with Gasteiger partial charge in [0, 0.05) is 23.3 Å². The molecule has 1 aliphatic heterocycles. The van der Waals surface area contributed by atoms with Gasteiger partial charge < -0.3 is 9.84 Å². The number of hydrogen-bond acceptors (Lipinski definition) is 6. The first-order valence-electron chi connectivity index (χ1n) is 7.58. The Balaban J connectivity index is 1.73. The van der Waals surface area contributed by atoms with Crippen LogP contribution in [0.25, 0.3) is 0 Å². The van der Waals surface area contributed by atoms with Gasteiger partial charge in [-0.3, -0.25) is 0 Å². The molecule has 3 rings (SSSR count). The standard InChI is InChI=1S/C14H23N3OS2/c1-15-11-6-4-2-3-5-10(11)14-16-13(17-18-14)12-9-19-7-8-20-12/h10-12,15H,2-9H2,1H3. The van der Waals surface area contributed by atoms with Crippen LogP contribution in [0.2, 0.25) is 0 Å². The second kappa shape index (κ2) is 7.18. The molecule has 1 N–H and O–H groups in total. The third-order valence-corrected chi connectivity index (χ3v) is 7.02. The number of nitrogens with zero attached hydrogens (tertiary/aromatic N) is 2. The first-order chi connectivity index (χ1) is 9.88. The molecule has 1 aromatic heterocycles. The van der Waals surface area contributed by atoms with Crippen LogP contribution < -0.4 is 5.32 Å². The molecule has 20 heavy (non-hydrogen) atoms. The second-order valence-corrected chi connectivity index (χ2v) is 8.03. The summed E-state index contributed by atoms with van der Waals surface area (Å²) in [5, 5.41) is 8.13. The minimum absolute atomic E-state index is 0.394. The third-order valence-electron chi connectivity index (χ3n) is 4.27. The van der Waals surface area contributed by atoms with Crippen molar-refractivity contribution in [3.8, 4) is 0 Å². The summed E-state index contributed by atoms with van der Waals surface area (Å²) in [6.45, 7) is 0. The Labute approximate surface area is 129 Å². The van der Waals surface area contributed by atoms with E-state index in [9.17, 15) is 0 Å². The monoisotopic (exact) mass is 313 g/mol. The van der Waals surface area contributed by atoms with Crippen LogP contribution >= 0.6 is 23.5 Å². The van der Waals surface area contributed by atoms with E-state index in [2.05, 4.69) is 10.5 Å². The lowest BCUT2D eigenvalue weighted by atomic mass is 9.95. The van der Waals surface area contributed by atoms with Crippen molar-refractivity contribution in [2.45, 2.75) is 49.3 Å². The van der Waals surface area contributed by atoms with Gasteiger partial charge in [0.1, 0.15) is 0 Å². The summed E-state index contributed by atoms with van der Waals surface area (Å²) in [4.78, 5) is 4.75. The zero-order valence-electron chi connectivity index (χ0n) is 12.0. The predicted octanol–water partition coefficient (Wildman–Crippen LogP) is 3.23. The van der Waals surface area contributed by atoms with E-state index in [0.717, 1.165) is 17.5 Å². The Morgan fingerprint density at radius 3 is 2.90 bits per heavy atom. The maximum absolute atomic E-state index is 5.62. The highest BCUT2D eigenvalue weighted by Gasteiger charge is 2.30. The quantitative estimate of drug-likeness (QED) is 0.865.